The van der Waals surface area contributed by atoms with Crippen molar-refractivity contribution < 1.29 is 75.3 Å². The molecule has 0 atom stereocenters. The smallest absolute Gasteiger partial charge is 0.550 e. The van der Waals surface area contributed by atoms with E-state index in [1.807, 2.05) is 0 Å². The molecule has 216 valence electrons. The zero-order chi connectivity index (χ0) is 29.5. The van der Waals surface area contributed by atoms with Gasteiger partial charge in [0.15, 0.2) is 0 Å². The van der Waals surface area contributed by atoms with Crippen LogP contribution in [0.4, 0.5) is 0 Å². The number of rotatable bonds is 28. The summed E-state index contributed by atoms with van der Waals surface area (Å²) in [5, 5.41) is 18.7. The largest absolute Gasteiger partial charge is 1.00 e. The van der Waals surface area contributed by atoms with Gasteiger partial charge in [0.2, 0.25) is 0 Å². The predicted molar refractivity (Wildman–Crippen MR) is 153 cm³/mol. The normalized spacial score (nSPS) is 12.0. The molecule has 0 aliphatic heterocycles. The Kier molecular flexibility index (Phi) is 37.3. The van der Waals surface area contributed by atoms with Crippen molar-refractivity contribution in [2.24, 2.45) is 0 Å². The van der Waals surface area contributed by atoms with Gasteiger partial charge >= 0.3 is 57.4 Å². The van der Waals surface area contributed by atoms with Crippen LogP contribution in [0.3, 0.4) is 0 Å². The number of carbonyl (C=O) groups excluding carboxylic acids is 1. The van der Waals surface area contributed by atoms with Gasteiger partial charge in [-0.1, -0.05) is 168 Å². The van der Waals surface area contributed by atoms with E-state index in [-0.39, 0.29) is 57.8 Å². The summed E-state index contributed by atoms with van der Waals surface area (Å²) in [5.74, 6) is -1.59. The third-order valence-electron chi connectivity index (χ3n) is 6.80. The third kappa shape index (κ3) is 46.8. The predicted octanol–water partition coefficient (Wildman–Crippen LogP) is 6.77. The van der Waals surface area contributed by atoms with Gasteiger partial charge in [-0.3, -0.25) is 4.79 Å². The minimum atomic E-state index is -1.75. The summed E-state index contributed by atoms with van der Waals surface area (Å²) in [6.45, 7) is 0.511. The summed E-state index contributed by atoms with van der Waals surface area (Å²) >= 11 is 0. The van der Waals surface area contributed by atoms with Gasteiger partial charge in [0.05, 0.1) is 0 Å². The van der Waals surface area contributed by atoms with Gasteiger partial charge in [-0.2, -0.15) is 0 Å². The topological polar surface area (TPSA) is 77.4 Å². The number of carbonyl (C=O) groups is 2. The van der Waals surface area contributed by atoms with Crippen LogP contribution in [0.25, 0.3) is 0 Å². The van der Waals surface area contributed by atoms with Crippen LogP contribution in [-0.4, -0.2) is 17.0 Å². The molecule has 0 radical (unpaired) electrons. The SMILES string of the molecule is [13CH3][13CH2][13CH2][13CH2][13CH2][13CH2][13CH2][13CH2][13CH2][13CH2][13CH2][13CH2][13CH2][13CH2][13CH2][13C](=O)[O-].[2H]C([2H])([2H])CCCCCCCCCCCCCCC(=O)O.[K+]. The second-order valence-electron chi connectivity index (χ2n) is 10.5. The van der Waals surface area contributed by atoms with Crippen molar-refractivity contribution in [3.05, 3.63) is 0 Å². The molecule has 1 N–H and O–H groups in total. The van der Waals surface area contributed by atoms with Crippen molar-refractivity contribution in [1.82, 2.24) is 0 Å². The van der Waals surface area contributed by atoms with E-state index >= 15 is 0 Å². The number of hydrogen-bond acceptors (Lipinski definition) is 3. The molecule has 37 heavy (non-hydrogen) atoms. The van der Waals surface area contributed by atoms with Gasteiger partial charge in [0.25, 0.3) is 0 Å². The standard InChI is InChI=1S/2C16H32O2.K/c2*1-2-3-4-5-6-7-8-9-10-11-12-13-14-15-16(17)18;/h2*2-15H2,1H3,(H,17,18);/q;;+1/p-1/i1+1,2+1,3+1,4+1,5+1,6+1,7+1,8+1,9+1,10+1,11+1,12+1,13+1,14+1,15+1,16+1;1D3;. The molecule has 0 rings (SSSR count). The summed E-state index contributed by atoms with van der Waals surface area (Å²) in [5.41, 5.74) is 0. The van der Waals surface area contributed by atoms with Crippen molar-refractivity contribution in [3.63, 3.8) is 0 Å². The van der Waals surface area contributed by atoms with E-state index in [1.54, 1.807) is 0 Å². The van der Waals surface area contributed by atoms with Crippen molar-refractivity contribution in [3.8, 4) is 0 Å². The van der Waals surface area contributed by atoms with E-state index in [0.29, 0.717) is 12.8 Å². The van der Waals surface area contributed by atoms with Crippen molar-refractivity contribution in [2.45, 2.75) is 194 Å². The quantitative estimate of drug-likeness (QED) is 0.0641. The Morgan fingerprint density at radius 1 is 0.514 bits per heavy atom. The molecule has 0 heterocycles. The van der Waals surface area contributed by atoms with Crippen LogP contribution in [0.5, 0.6) is 0 Å². The second-order valence-corrected chi connectivity index (χ2v) is 10.5. The number of carboxylic acids is 2. The zero-order valence-corrected chi connectivity index (χ0v) is 28.1. The van der Waals surface area contributed by atoms with E-state index in [1.165, 1.54) is 109 Å². The molecular weight excluding hydrogens is 503 g/mol. The molecule has 0 amide bonds. The first-order valence-corrected chi connectivity index (χ1v) is 15.6. The summed E-state index contributed by atoms with van der Waals surface area (Å²) < 4.78 is 21.3. The maximum atomic E-state index is 10.3. The monoisotopic (exact) mass is 570 g/mol. The Balaban J connectivity index is -0.000000675. The van der Waals surface area contributed by atoms with Gasteiger partial charge in [-0.15, -0.1) is 0 Å². The first kappa shape index (κ1) is 35.6. The Hall–Kier alpha value is 0.576. The molecular formula is C32H63KO4. The van der Waals surface area contributed by atoms with Crippen LogP contribution in [0.15, 0.2) is 0 Å². The summed E-state index contributed by atoms with van der Waals surface area (Å²) in [4.78, 5) is 20.5. The molecule has 0 spiro atoms. The van der Waals surface area contributed by atoms with Crippen LogP contribution >= 0.6 is 0 Å². The van der Waals surface area contributed by atoms with Gasteiger partial charge < -0.3 is 15.0 Å². The Morgan fingerprint density at radius 3 is 1.05 bits per heavy atom. The van der Waals surface area contributed by atoms with E-state index in [9.17, 15) is 14.7 Å². The van der Waals surface area contributed by atoms with Gasteiger partial charge in [-0.25, -0.2) is 0 Å². The Bertz CT molecular complexity index is 531. The van der Waals surface area contributed by atoms with Crippen LogP contribution in [0.1, 0.15) is 198 Å². The van der Waals surface area contributed by atoms with E-state index < -0.39 is 18.8 Å². The fourth-order valence-electron chi connectivity index (χ4n) is 4.46. The molecule has 4 nitrogen and oxygen atoms in total. The zero-order valence-electron chi connectivity index (χ0n) is 28.0. The molecule has 0 aliphatic rings. The average Bonchev–Trinajstić information content (AvgIpc) is 2.86. The van der Waals surface area contributed by atoms with Crippen molar-refractivity contribution in [2.75, 3.05) is 0 Å². The average molecular weight is 570 g/mol. The van der Waals surface area contributed by atoms with Crippen molar-refractivity contribution in [1.29, 1.82) is 0 Å². The van der Waals surface area contributed by atoms with Crippen LogP contribution < -0.4 is 56.5 Å². The Morgan fingerprint density at radius 2 is 0.784 bits per heavy atom. The molecule has 0 bridgehead atoms. The summed E-state index contributed by atoms with van der Waals surface area (Å²) in [7, 11) is 0. The molecule has 0 fully saturated rings. The summed E-state index contributed by atoms with van der Waals surface area (Å²) in [6, 6.07) is 0. The number of aliphatic carboxylic acids is 2. The maximum absolute atomic E-state index is 10.3. The van der Waals surface area contributed by atoms with Crippen molar-refractivity contribution >= 4 is 11.9 Å². The van der Waals surface area contributed by atoms with Gasteiger partial charge in [-0.05, 0) is 19.3 Å². The number of hydrogen-bond donors (Lipinski definition) is 1. The molecule has 5 heteroatoms. The van der Waals surface area contributed by atoms with E-state index in [0.717, 1.165) is 51.4 Å². The van der Waals surface area contributed by atoms with Gasteiger partial charge in [0.1, 0.15) is 0 Å². The van der Waals surface area contributed by atoms with Crippen LogP contribution in [0.2, 0.25) is 0 Å². The molecule has 0 aromatic rings. The Labute approximate surface area is 278 Å². The third-order valence-corrected chi connectivity index (χ3v) is 6.80. The maximum Gasteiger partial charge on any atom is 1.00 e. The van der Waals surface area contributed by atoms with Gasteiger partial charge in [0, 0.05) is 16.5 Å². The molecule has 0 aromatic heterocycles. The first-order chi connectivity index (χ1) is 18.7. The molecule has 0 unspecified atom stereocenters. The number of carboxylic acid groups (broad SMARTS) is 2. The molecule has 0 saturated heterocycles. The molecule has 0 aliphatic carbocycles. The summed E-state index contributed by atoms with van der Waals surface area (Å²) in [6.07, 6.45) is 31.1. The van der Waals surface area contributed by atoms with E-state index in [2.05, 4.69) is 6.92 Å². The minimum absolute atomic E-state index is 0. The fourth-order valence-corrected chi connectivity index (χ4v) is 4.46. The number of unbranched alkanes of at least 4 members (excludes halogenated alkanes) is 23. The second kappa shape index (κ2) is 38.7. The van der Waals surface area contributed by atoms with E-state index in [4.69, 9.17) is 9.22 Å². The van der Waals surface area contributed by atoms with Crippen LogP contribution in [-0.2, 0) is 9.59 Å². The fraction of sp³-hybridized carbons (Fsp3) is 0.938. The molecule has 0 aromatic carbocycles. The minimum Gasteiger partial charge on any atom is -0.550 e. The molecule has 0 saturated carbocycles. The first-order valence-electron chi connectivity index (χ1n) is 17.1. The van der Waals surface area contributed by atoms with Crippen LogP contribution in [0, 0.1) is 0 Å².